The van der Waals surface area contributed by atoms with E-state index in [2.05, 4.69) is 9.71 Å². The van der Waals surface area contributed by atoms with Crippen molar-refractivity contribution in [1.82, 2.24) is 0 Å². The summed E-state index contributed by atoms with van der Waals surface area (Å²) >= 11 is 11.8. The molecule has 0 heterocycles. The van der Waals surface area contributed by atoms with Crippen molar-refractivity contribution in [3.63, 3.8) is 0 Å². The van der Waals surface area contributed by atoms with Gasteiger partial charge in [0.1, 0.15) is 11.5 Å². The zero-order chi connectivity index (χ0) is 21.7. The molecule has 9 heteroatoms. The van der Waals surface area contributed by atoms with Crippen LogP contribution in [0, 0.1) is 0 Å². The quantitative estimate of drug-likeness (QED) is 0.442. The summed E-state index contributed by atoms with van der Waals surface area (Å²) in [4.78, 5) is 4.31. The van der Waals surface area contributed by atoms with Gasteiger partial charge in [0.2, 0.25) is 0 Å². The molecule has 0 radical (unpaired) electrons. The number of hydrogen-bond donors (Lipinski definition) is 2. The molecule has 0 bridgehead atoms. The molecule has 0 saturated carbocycles. The van der Waals surface area contributed by atoms with Gasteiger partial charge in [-0.2, -0.15) is 0 Å². The Bertz CT molecular complexity index is 1160. The minimum Gasteiger partial charge on any atom is -0.506 e. The summed E-state index contributed by atoms with van der Waals surface area (Å²) in [7, 11) is -3.76. The van der Waals surface area contributed by atoms with Crippen molar-refractivity contribution in [2.24, 2.45) is 4.99 Å². The number of phenolic OH excluding ortho intramolecular Hbond substituents is 1. The number of anilines is 1. The number of nitrogens with zero attached hydrogens (tertiary/aromatic N) is 1. The number of nitrogens with one attached hydrogen (secondary N) is 1. The molecule has 0 aromatic heterocycles. The van der Waals surface area contributed by atoms with E-state index in [4.69, 9.17) is 27.9 Å². The highest BCUT2D eigenvalue weighted by atomic mass is 35.5. The normalized spacial score (nSPS) is 11.6. The SMILES string of the molecule is CCOc1ccc(NS(=O)(=O)c2ccc(N=Cc3cc(Cl)cc(Cl)c3O)cc2)cc1. The topological polar surface area (TPSA) is 88.0 Å². The van der Waals surface area contributed by atoms with Crippen molar-refractivity contribution in [1.29, 1.82) is 0 Å². The summed E-state index contributed by atoms with van der Waals surface area (Å²) in [5, 5.41) is 10.4. The molecule has 3 rings (SSSR count). The van der Waals surface area contributed by atoms with E-state index < -0.39 is 10.0 Å². The maximum Gasteiger partial charge on any atom is 0.261 e. The first kappa shape index (κ1) is 22.0. The van der Waals surface area contributed by atoms with Gasteiger partial charge in [0.05, 0.1) is 22.2 Å². The van der Waals surface area contributed by atoms with Gasteiger partial charge in [-0.3, -0.25) is 9.71 Å². The highest BCUT2D eigenvalue weighted by Crippen LogP contribution is 2.30. The first-order chi connectivity index (χ1) is 14.3. The molecule has 0 spiro atoms. The smallest absolute Gasteiger partial charge is 0.261 e. The van der Waals surface area contributed by atoms with Crippen LogP contribution in [0.15, 0.2) is 70.6 Å². The molecule has 3 aromatic rings. The summed E-state index contributed by atoms with van der Waals surface area (Å²) < 4.78 is 33.0. The Morgan fingerprint density at radius 2 is 1.73 bits per heavy atom. The minimum absolute atomic E-state index is 0.0870. The lowest BCUT2D eigenvalue weighted by Gasteiger charge is -2.09. The fourth-order valence-corrected chi connectivity index (χ4v) is 4.11. The van der Waals surface area contributed by atoms with Gasteiger partial charge in [0.25, 0.3) is 10.0 Å². The third kappa shape index (κ3) is 5.44. The van der Waals surface area contributed by atoms with Crippen molar-refractivity contribution >= 4 is 50.8 Å². The van der Waals surface area contributed by atoms with E-state index in [1.807, 2.05) is 6.92 Å². The average molecular weight is 465 g/mol. The van der Waals surface area contributed by atoms with E-state index in [1.54, 1.807) is 36.4 Å². The molecule has 0 atom stereocenters. The number of ether oxygens (including phenoxy) is 1. The predicted octanol–water partition coefficient (Wildman–Crippen LogP) is 5.65. The largest absolute Gasteiger partial charge is 0.506 e. The van der Waals surface area contributed by atoms with Crippen molar-refractivity contribution in [2.75, 3.05) is 11.3 Å². The van der Waals surface area contributed by atoms with Crippen molar-refractivity contribution < 1.29 is 18.3 Å². The van der Waals surface area contributed by atoms with Crippen molar-refractivity contribution in [3.8, 4) is 11.5 Å². The zero-order valence-corrected chi connectivity index (χ0v) is 18.2. The Balaban J connectivity index is 1.74. The van der Waals surface area contributed by atoms with Gasteiger partial charge < -0.3 is 9.84 Å². The minimum atomic E-state index is -3.76. The number of phenols is 1. The van der Waals surface area contributed by atoms with Crippen molar-refractivity contribution in [2.45, 2.75) is 11.8 Å². The molecule has 30 heavy (non-hydrogen) atoms. The van der Waals surface area contributed by atoms with Gasteiger partial charge in [0, 0.05) is 22.5 Å². The van der Waals surface area contributed by atoms with Gasteiger partial charge >= 0.3 is 0 Å². The van der Waals surface area contributed by atoms with Gasteiger partial charge in [-0.05, 0) is 67.6 Å². The number of aliphatic imine (C=N–C) groups is 1. The number of aromatic hydroxyl groups is 1. The highest BCUT2D eigenvalue weighted by Gasteiger charge is 2.14. The summed E-state index contributed by atoms with van der Waals surface area (Å²) in [6, 6.07) is 15.6. The molecule has 0 aliphatic rings. The first-order valence-corrected chi connectivity index (χ1v) is 11.1. The lowest BCUT2D eigenvalue weighted by molar-refractivity contribution is 0.340. The molecule has 0 aliphatic carbocycles. The van der Waals surface area contributed by atoms with E-state index in [0.717, 1.165) is 0 Å². The Labute approximate surface area is 184 Å². The van der Waals surface area contributed by atoms with E-state index >= 15 is 0 Å². The predicted molar refractivity (Wildman–Crippen MR) is 120 cm³/mol. The molecule has 0 aliphatic heterocycles. The van der Waals surface area contributed by atoms with Crippen LogP contribution in [0.3, 0.4) is 0 Å². The zero-order valence-electron chi connectivity index (χ0n) is 15.8. The van der Waals surface area contributed by atoms with Crippen molar-refractivity contribution in [3.05, 3.63) is 76.3 Å². The van der Waals surface area contributed by atoms with E-state index in [-0.39, 0.29) is 15.7 Å². The molecule has 3 aromatic carbocycles. The summed E-state index contributed by atoms with van der Waals surface area (Å²) in [6.07, 6.45) is 1.40. The number of rotatable bonds is 7. The molecule has 0 unspecified atom stereocenters. The number of hydrogen-bond acceptors (Lipinski definition) is 5. The molecule has 0 saturated heterocycles. The summed E-state index contributed by atoms with van der Waals surface area (Å²) in [5.74, 6) is 0.526. The van der Waals surface area contributed by atoms with Crippen LogP contribution < -0.4 is 9.46 Å². The molecule has 0 fully saturated rings. The van der Waals surface area contributed by atoms with Crippen LogP contribution in [0.4, 0.5) is 11.4 Å². The fourth-order valence-electron chi connectivity index (χ4n) is 2.54. The highest BCUT2D eigenvalue weighted by molar-refractivity contribution is 7.92. The second-order valence-corrected chi connectivity index (χ2v) is 8.67. The number of sulfonamides is 1. The number of benzene rings is 3. The number of halogens is 2. The molecule has 6 nitrogen and oxygen atoms in total. The Hall–Kier alpha value is -2.74. The van der Waals surface area contributed by atoms with E-state index in [9.17, 15) is 13.5 Å². The lowest BCUT2D eigenvalue weighted by Crippen LogP contribution is -2.12. The Kier molecular flexibility index (Phi) is 6.87. The Morgan fingerprint density at radius 1 is 1.07 bits per heavy atom. The molecule has 2 N–H and O–H groups in total. The summed E-state index contributed by atoms with van der Waals surface area (Å²) in [6.45, 7) is 2.40. The first-order valence-electron chi connectivity index (χ1n) is 8.86. The maximum atomic E-state index is 12.6. The average Bonchev–Trinajstić information content (AvgIpc) is 2.71. The van der Waals surface area contributed by atoms with Crippen LogP contribution in [0.25, 0.3) is 0 Å². The van der Waals surface area contributed by atoms with Gasteiger partial charge in [0.15, 0.2) is 0 Å². The van der Waals surface area contributed by atoms with Crippen LogP contribution in [0.2, 0.25) is 10.0 Å². The second-order valence-electron chi connectivity index (χ2n) is 6.14. The maximum absolute atomic E-state index is 12.6. The van der Waals surface area contributed by atoms with Gasteiger partial charge in [-0.25, -0.2) is 8.42 Å². The molecular formula is C21H18Cl2N2O4S. The molecular weight excluding hydrogens is 447 g/mol. The van der Waals surface area contributed by atoms with Crippen LogP contribution in [0.1, 0.15) is 12.5 Å². The van der Waals surface area contributed by atoms with Gasteiger partial charge in [-0.15, -0.1) is 0 Å². The fraction of sp³-hybridized carbons (Fsp3) is 0.0952. The van der Waals surface area contributed by atoms with E-state index in [0.29, 0.717) is 34.3 Å². The van der Waals surface area contributed by atoms with Crippen LogP contribution in [-0.2, 0) is 10.0 Å². The Morgan fingerprint density at radius 3 is 2.37 bits per heavy atom. The standard InChI is InChI=1S/C21H18Cl2N2O4S/c1-2-29-18-7-3-17(4-8-18)25-30(27,28)19-9-5-16(6-10-19)24-13-14-11-15(22)12-20(23)21(14)26/h3-13,25-26H,2H2,1H3. The molecule has 0 amide bonds. The summed E-state index contributed by atoms with van der Waals surface area (Å²) in [5.41, 5.74) is 1.26. The third-order valence-electron chi connectivity index (χ3n) is 3.97. The van der Waals surface area contributed by atoms with Crippen LogP contribution in [0.5, 0.6) is 11.5 Å². The van der Waals surface area contributed by atoms with E-state index in [1.165, 1.54) is 30.5 Å². The monoisotopic (exact) mass is 464 g/mol. The lowest BCUT2D eigenvalue weighted by atomic mass is 10.2. The second kappa shape index (κ2) is 9.38. The third-order valence-corrected chi connectivity index (χ3v) is 5.88. The van der Waals surface area contributed by atoms with Gasteiger partial charge in [-0.1, -0.05) is 23.2 Å². The van der Waals surface area contributed by atoms with Crippen LogP contribution in [-0.4, -0.2) is 26.3 Å². The molecule has 156 valence electrons. The van der Waals surface area contributed by atoms with Crippen LogP contribution >= 0.6 is 23.2 Å².